The van der Waals surface area contributed by atoms with Gasteiger partial charge in [-0.15, -0.1) is 0 Å². The Morgan fingerprint density at radius 2 is 1.70 bits per heavy atom. The summed E-state index contributed by atoms with van der Waals surface area (Å²) >= 11 is 0. The number of nitrogens with one attached hydrogen (secondary N) is 2. The second-order valence-electron chi connectivity index (χ2n) is 5.44. The minimum atomic E-state index is -3.87. The topological polar surface area (TPSA) is 103 Å². The largest absolute Gasteiger partial charge is 0.497 e. The van der Waals surface area contributed by atoms with Crippen LogP contribution in [0.5, 0.6) is 11.5 Å². The van der Waals surface area contributed by atoms with Gasteiger partial charge in [-0.3, -0.25) is 9.52 Å². The third-order valence-electron chi connectivity index (χ3n) is 3.67. The van der Waals surface area contributed by atoms with Crippen molar-refractivity contribution in [2.24, 2.45) is 0 Å². The molecule has 0 radical (unpaired) electrons. The zero-order valence-electron chi connectivity index (χ0n) is 15.3. The van der Waals surface area contributed by atoms with Crippen molar-refractivity contribution in [2.45, 2.75) is 4.90 Å². The Balaban J connectivity index is 2.19. The smallest absolute Gasteiger partial charge is 0.262 e. The summed E-state index contributed by atoms with van der Waals surface area (Å²) < 4.78 is 42.9. The molecule has 1 amide bonds. The van der Waals surface area contributed by atoms with Crippen LogP contribution in [0.1, 0.15) is 10.4 Å². The number of rotatable bonds is 9. The summed E-state index contributed by atoms with van der Waals surface area (Å²) in [5.74, 6) is 0.531. The number of anilines is 1. The Kier molecular flexibility index (Phi) is 7.03. The van der Waals surface area contributed by atoms with Gasteiger partial charge in [0.15, 0.2) is 0 Å². The average molecular weight is 394 g/mol. The van der Waals surface area contributed by atoms with Crippen LogP contribution >= 0.6 is 0 Å². The molecule has 0 saturated heterocycles. The highest BCUT2D eigenvalue weighted by molar-refractivity contribution is 7.92. The van der Waals surface area contributed by atoms with Gasteiger partial charge in [-0.25, -0.2) is 8.42 Å². The SMILES string of the molecule is COCCNC(=O)c1ccc(S(=O)(=O)Nc2cc(OC)ccc2OC)cc1. The second kappa shape index (κ2) is 9.24. The van der Waals surface area contributed by atoms with Gasteiger partial charge in [0, 0.05) is 25.3 Å². The van der Waals surface area contributed by atoms with Gasteiger partial charge in [0.05, 0.1) is 31.4 Å². The van der Waals surface area contributed by atoms with Crippen molar-refractivity contribution in [3.8, 4) is 11.5 Å². The van der Waals surface area contributed by atoms with Crippen molar-refractivity contribution in [1.82, 2.24) is 5.32 Å². The first-order valence-electron chi connectivity index (χ1n) is 8.03. The first-order valence-corrected chi connectivity index (χ1v) is 9.51. The molecular weight excluding hydrogens is 372 g/mol. The van der Waals surface area contributed by atoms with Crippen LogP contribution < -0.4 is 19.5 Å². The van der Waals surface area contributed by atoms with Gasteiger partial charge >= 0.3 is 0 Å². The number of ether oxygens (including phenoxy) is 3. The summed E-state index contributed by atoms with van der Waals surface area (Å²) in [6, 6.07) is 10.4. The molecule has 0 spiro atoms. The number of hydrogen-bond donors (Lipinski definition) is 2. The third kappa shape index (κ3) is 5.35. The lowest BCUT2D eigenvalue weighted by atomic mass is 10.2. The van der Waals surface area contributed by atoms with Crippen LogP contribution in [-0.2, 0) is 14.8 Å². The molecule has 27 heavy (non-hydrogen) atoms. The lowest BCUT2D eigenvalue weighted by Crippen LogP contribution is -2.26. The van der Waals surface area contributed by atoms with Crippen molar-refractivity contribution in [1.29, 1.82) is 0 Å². The molecule has 2 rings (SSSR count). The van der Waals surface area contributed by atoms with Gasteiger partial charge in [0.2, 0.25) is 0 Å². The zero-order chi connectivity index (χ0) is 19.9. The van der Waals surface area contributed by atoms with E-state index in [9.17, 15) is 13.2 Å². The van der Waals surface area contributed by atoms with Crippen LogP contribution in [0.25, 0.3) is 0 Å². The highest BCUT2D eigenvalue weighted by Gasteiger charge is 2.18. The molecule has 0 heterocycles. The van der Waals surface area contributed by atoms with Crippen LogP contribution in [-0.4, -0.2) is 48.8 Å². The Labute approximate surface area is 158 Å². The van der Waals surface area contributed by atoms with Gasteiger partial charge < -0.3 is 19.5 Å². The maximum absolute atomic E-state index is 12.6. The molecule has 0 bridgehead atoms. The highest BCUT2D eigenvalue weighted by Crippen LogP contribution is 2.30. The van der Waals surface area contributed by atoms with E-state index in [1.165, 1.54) is 51.7 Å². The predicted molar refractivity (Wildman–Crippen MR) is 101 cm³/mol. The number of sulfonamides is 1. The molecule has 2 aromatic rings. The van der Waals surface area contributed by atoms with Gasteiger partial charge in [-0.2, -0.15) is 0 Å². The van der Waals surface area contributed by atoms with Gasteiger partial charge in [-0.1, -0.05) is 0 Å². The Morgan fingerprint density at radius 1 is 1.00 bits per heavy atom. The van der Waals surface area contributed by atoms with Crippen molar-refractivity contribution in [2.75, 3.05) is 39.2 Å². The number of methoxy groups -OCH3 is 3. The van der Waals surface area contributed by atoms with E-state index in [1.54, 1.807) is 12.1 Å². The minimum Gasteiger partial charge on any atom is -0.497 e. The maximum Gasteiger partial charge on any atom is 0.262 e. The molecule has 0 unspecified atom stereocenters. The zero-order valence-corrected chi connectivity index (χ0v) is 16.1. The molecule has 0 atom stereocenters. The molecule has 0 saturated carbocycles. The van der Waals surface area contributed by atoms with Gasteiger partial charge in [0.25, 0.3) is 15.9 Å². The summed E-state index contributed by atoms with van der Waals surface area (Å²) in [5, 5.41) is 2.67. The fourth-order valence-electron chi connectivity index (χ4n) is 2.25. The summed E-state index contributed by atoms with van der Waals surface area (Å²) in [6.07, 6.45) is 0. The molecule has 0 aromatic heterocycles. The third-order valence-corrected chi connectivity index (χ3v) is 5.05. The van der Waals surface area contributed by atoms with E-state index in [4.69, 9.17) is 14.2 Å². The quantitative estimate of drug-likeness (QED) is 0.630. The molecule has 8 nitrogen and oxygen atoms in total. The summed E-state index contributed by atoms with van der Waals surface area (Å²) in [4.78, 5) is 12.0. The number of carbonyl (C=O) groups excluding carboxylic acids is 1. The molecule has 2 N–H and O–H groups in total. The summed E-state index contributed by atoms with van der Waals surface area (Å²) in [6.45, 7) is 0.761. The molecule has 0 aliphatic rings. The van der Waals surface area contributed by atoms with E-state index in [2.05, 4.69) is 10.0 Å². The lowest BCUT2D eigenvalue weighted by molar-refractivity contribution is 0.0937. The average Bonchev–Trinajstić information content (AvgIpc) is 2.67. The monoisotopic (exact) mass is 394 g/mol. The number of carbonyl (C=O) groups is 1. The van der Waals surface area contributed by atoms with Crippen LogP contribution in [0.3, 0.4) is 0 Å². The standard InChI is InChI=1S/C18H22N2O6S/c1-24-11-10-19-18(21)13-4-7-15(8-5-13)27(22,23)20-16-12-14(25-2)6-9-17(16)26-3/h4-9,12,20H,10-11H2,1-3H3,(H,19,21). The molecular formula is C18H22N2O6S. The first kappa shape index (κ1) is 20.5. The summed E-state index contributed by atoms with van der Waals surface area (Å²) in [5.41, 5.74) is 0.599. The number of amides is 1. The lowest BCUT2D eigenvalue weighted by Gasteiger charge is -2.13. The molecule has 0 aliphatic carbocycles. The fraction of sp³-hybridized carbons (Fsp3) is 0.278. The molecule has 0 fully saturated rings. The van der Waals surface area contributed by atoms with Crippen molar-refractivity contribution < 1.29 is 27.4 Å². The van der Waals surface area contributed by atoms with E-state index < -0.39 is 10.0 Å². The highest BCUT2D eigenvalue weighted by atomic mass is 32.2. The van der Waals surface area contributed by atoms with Crippen LogP contribution in [0.15, 0.2) is 47.4 Å². The molecule has 2 aromatic carbocycles. The Hall–Kier alpha value is -2.78. The van der Waals surface area contributed by atoms with E-state index >= 15 is 0 Å². The van der Waals surface area contributed by atoms with E-state index in [1.807, 2.05) is 0 Å². The molecule has 0 aliphatic heterocycles. The van der Waals surface area contributed by atoms with Crippen molar-refractivity contribution in [3.63, 3.8) is 0 Å². The van der Waals surface area contributed by atoms with Gasteiger partial charge in [-0.05, 0) is 36.4 Å². The Bertz CT molecular complexity index is 881. The Morgan fingerprint density at radius 3 is 2.30 bits per heavy atom. The normalized spacial score (nSPS) is 10.9. The van der Waals surface area contributed by atoms with Crippen LogP contribution in [0.4, 0.5) is 5.69 Å². The number of benzene rings is 2. The van der Waals surface area contributed by atoms with Crippen LogP contribution in [0.2, 0.25) is 0 Å². The van der Waals surface area contributed by atoms with E-state index in [-0.39, 0.29) is 16.5 Å². The minimum absolute atomic E-state index is 0.0146. The summed E-state index contributed by atoms with van der Waals surface area (Å²) in [7, 11) is 0.590. The maximum atomic E-state index is 12.6. The van der Waals surface area contributed by atoms with Gasteiger partial charge in [0.1, 0.15) is 11.5 Å². The molecule has 146 valence electrons. The van der Waals surface area contributed by atoms with Crippen molar-refractivity contribution >= 4 is 21.6 Å². The van der Waals surface area contributed by atoms with E-state index in [0.717, 1.165) is 0 Å². The number of hydrogen-bond acceptors (Lipinski definition) is 6. The fourth-order valence-corrected chi connectivity index (χ4v) is 3.31. The van der Waals surface area contributed by atoms with Crippen molar-refractivity contribution in [3.05, 3.63) is 48.0 Å². The van der Waals surface area contributed by atoms with E-state index in [0.29, 0.717) is 30.2 Å². The second-order valence-corrected chi connectivity index (χ2v) is 7.13. The van der Waals surface area contributed by atoms with Crippen LogP contribution in [0, 0.1) is 0 Å². The first-order chi connectivity index (χ1) is 12.9. The predicted octanol–water partition coefficient (Wildman–Crippen LogP) is 1.88. The molecule has 9 heteroatoms.